The lowest BCUT2D eigenvalue weighted by molar-refractivity contribution is -0.132. The quantitative estimate of drug-likeness (QED) is 0.705. The Balaban J connectivity index is 4.07. The largest absolute Gasteiger partial charge is 0.343 e. The third kappa shape index (κ3) is 4.27. The molecule has 1 atom stereocenters. The van der Waals surface area contributed by atoms with Crippen molar-refractivity contribution in [2.45, 2.75) is 52.1 Å². The molecule has 0 spiro atoms. The summed E-state index contributed by atoms with van der Waals surface area (Å²) in [5, 5.41) is 0. The summed E-state index contributed by atoms with van der Waals surface area (Å²) in [7, 11) is 1.86. The summed E-state index contributed by atoms with van der Waals surface area (Å²) < 4.78 is 0. The van der Waals surface area contributed by atoms with Crippen LogP contribution in [0.15, 0.2) is 0 Å². The summed E-state index contributed by atoms with van der Waals surface area (Å²) in [6, 6.07) is 0.329. The predicted octanol–water partition coefficient (Wildman–Crippen LogP) is 1.37. The average molecular weight is 186 g/mol. The Kier molecular flexibility index (Phi) is 5.71. The minimum absolute atomic E-state index is 0.0377. The van der Waals surface area contributed by atoms with Crippen molar-refractivity contribution in [3.63, 3.8) is 0 Å². The van der Waals surface area contributed by atoms with E-state index in [2.05, 4.69) is 13.8 Å². The number of nitrogens with two attached hydrogens (primary N) is 1. The zero-order valence-corrected chi connectivity index (χ0v) is 9.21. The van der Waals surface area contributed by atoms with E-state index in [1.807, 2.05) is 18.9 Å². The Morgan fingerprint density at radius 1 is 1.38 bits per heavy atom. The van der Waals surface area contributed by atoms with E-state index in [4.69, 9.17) is 5.73 Å². The van der Waals surface area contributed by atoms with Gasteiger partial charge in [-0.05, 0) is 19.8 Å². The van der Waals surface area contributed by atoms with Gasteiger partial charge in [-0.1, -0.05) is 13.8 Å². The summed E-state index contributed by atoms with van der Waals surface area (Å²) in [6.45, 7) is 6.06. The molecule has 0 aromatic carbocycles. The SMILES string of the molecule is CCC(CC)N(C)C(=O)CC(C)N. The Morgan fingerprint density at radius 3 is 2.15 bits per heavy atom. The maximum atomic E-state index is 11.6. The first-order valence-electron chi connectivity index (χ1n) is 5.04. The number of nitrogens with zero attached hydrogens (tertiary/aromatic N) is 1. The highest BCUT2D eigenvalue weighted by Crippen LogP contribution is 2.07. The smallest absolute Gasteiger partial charge is 0.224 e. The van der Waals surface area contributed by atoms with Crippen LogP contribution in [0.5, 0.6) is 0 Å². The van der Waals surface area contributed by atoms with Crippen LogP contribution in [0.3, 0.4) is 0 Å². The number of amides is 1. The molecule has 0 heterocycles. The summed E-state index contributed by atoms with van der Waals surface area (Å²) in [5.41, 5.74) is 5.57. The molecule has 0 aromatic rings. The molecule has 3 nitrogen and oxygen atoms in total. The lowest BCUT2D eigenvalue weighted by atomic mass is 10.1. The van der Waals surface area contributed by atoms with Gasteiger partial charge in [0.2, 0.25) is 5.91 Å². The lowest BCUT2D eigenvalue weighted by Gasteiger charge is -2.26. The number of rotatable bonds is 5. The summed E-state index contributed by atoms with van der Waals surface area (Å²) >= 11 is 0. The van der Waals surface area contributed by atoms with E-state index in [1.165, 1.54) is 0 Å². The fraction of sp³-hybridized carbons (Fsp3) is 0.900. The fourth-order valence-corrected chi connectivity index (χ4v) is 1.46. The Hall–Kier alpha value is -0.570. The molecule has 0 aliphatic carbocycles. The summed E-state index contributed by atoms with van der Waals surface area (Å²) in [5.74, 6) is 0.156. The molecule has 0 aliphatic rings. The topological polar surface area (TPSA) is 46.3 Å². The van der Waals surface area contributed by atoms with E-state index >= 15 is 0 Å². The van der Waals surface area contributed by atoms with Crippen molar-refractivity contribution in [3.8, 4) is 0 Å². The van der Waals surface area contributed by atoms with Crippen molar-refractivity contribution in [3.05, 3.63) is 0 Å². The van der Waals surface area contributed by atoms with Gasteiger partial charge in [-0.15, -0.1) is 0 Å². The Bertz CT molecular complexity index is 153. The summed E-state index contributed by atoms with van der Waals surface area (Å²) in [4.78, 5) is 13.4. The minimum atomic E-state index is -0.0377. The second-order valence-electron chi connectivity index (χ2n) is 3.66. The van der Waals surface area contributed by atoms with Crippen LogP contribution in [-0.2, 0) is 4.79 Å². The molecule has 2 N–H and O–H groups in total. The molecule has 13 heavy (non-hydrogen) atoms. The van der Waals surface area contributed by atoms with Crippen molar-refractivity contribution in [2.24, 2.45) is 5.73 Å². The van der Waals surface area contributed by atoms with Crippen molar-refractivity contribution in [2.75, 3.05) is 7.05 Å². The van der Waals surface area contributed by atoms with Gasteiger partial charge < -0.3 is 10.6 Å². The van der Waals surface area contributed by atoms with Gasteiger partial charge in [-0.25, -0.2) is 0 Å². The molecule has 3 heteroatoms. The fourth-order valence-electron chi connectivity index (χ4n) is 1.46. The molecule has 0 aromatic heterocycles. The van der Waals surface area contributed by atoms with Crippen molar-refractivity contribution < 1.29 is 4.79 Å². The van der Waals surface area contributed by atoms with E-state index in [1.54, 1.807) is 0 Å². The van der Waals surface area contributed by atoms with Gasteiger partial charge in [0.25, 0.3) is 0 Å². The van der Waals surface area contributed by atoms with E-state index < -0.39 is 0 Å². The van der Waals surface area contributed by atoms with Crippen LogP contribution >= 0.6 is 0 Å². The number of hydrogen-bond acceptors (Lipinski definition) is 2. The zero-order valence-electron chi connectivity index (χ0n) is 9.21. The first-order valence-corrected chi connectivity index (χ1v) is 5.04. The van der Waals surface area contributed by atoms with Crippen LogP contribution in [0, 0.1) is 0 Å². The number of carbonyl (C=O) groups is 1. The van der Waals surface area contributed by atoms with Crippen LogP contribution in [0.25, 0.3) is 0 Å². The number of hydrogen-bond donors (Lipinski definition) is 1. The molecule has 0 bridgehead atoms. The third-order valence-electron chi connectivity index (χ3n) is 2.38. The van der Waals surface area contributed by atoms with Crippen LogP contribution in [0.1, 0.15) is 40.0 Å². The molecule has 0 rings (SSSR count). The maximum absolute atomic E-state index is 11.6. The van der Waals surface area contributed by atoms with E-state index in [0.29, 0.717) is 12.5 Å². The highest BCUT2D eigenvalue weighted by Gasteiger charge is 2.17. The maximum Gasteiger partial charge on any atom is 0.224 e. The Morgan fingerprint density at radius 2 is 1.85 bits per heavy atom. The normalized spacial score (nSPS) is 13.1. The molecule has 78 valence electrons. The highest BCUT2D eigenvalue weighted by molar-refractivity contribution is 5.76. The van der Waals surface area contributed by atoms with Gasteiger partial charge in [0.1, 0.15) is 0 Å². The highest BCUT2D eigenvalue weighted by atomic mass is 16.2. The van der Waals surface area contributed by atoms with Crippen LogP contribution in [-0.4, -0.2) is 29.9 Å². The van der Waals surface area contributed by atoms with E-state index in [0.717, 1.165) is 12.8 Å². The lowest BCUT2D eigenvalue weighted by Crippen LogP contribution is -2.38. The molecule has 1 unspecified atom stereocenters. The van der Waals surface area contributed by atoms with E-state index in [9.17, 15) is 4.79 Å². The minimum Gasteiger partial charge on any atom is -0.343 e. The first-order chi connectivity index (χ1) is 6.02. The molecular formula is C10H22N2O. The van der Waals surface area contributed by atoms with Crippen LogP contribution < -0.4 is 5.73 Å². The standard InChI is InChI=1S/C10H22N2O/c1-5-9(6-2)12(4)10(13)7-8(3)11/h8-9H,5-7,11H2,1-4H3. The van der Waals surface area contributed by atoms with Gasteiger partial charge >= 0.3 is 0 Å². The zero-order chi connectivity index (χ0) is 10.4. The van der Waals surface area contributed by atoms with Gasteiger partial charge in [0.05, 0.1) is 0 Å². The van der Waals surface area contributed by atoms with Gasteiger partial charge in [0.15, 0.2) is 0 Å². The van der Waals surface area contributed by atoms with Crippen molar-refractivity contribution >= 4 is 5.91 Å². The molecule has 0 fully saturated rings. The molecule has 0 radical (unpaired) electrons. The van der Waals surface area contributed by atoms with Gasteiger partial charge in [-0.2, -0.15) is 0 Å². The second-order valence-corrected chi connectivity index (χ2v) is 3.66. The van der Waals surface area contributed by atoms with Crippen molar-refractivity contribution in [1.29, 1.82) is 0 Å². The second kappa shape index (κ2) is 5.97. The molecule has 0 aliphatic heterocycles. The number of carbonyl (C=O) groups excluding carboxylic acids is 1. The third-order valence-corrected chi connectivity index (χ3v) is 2.38. The Labute approximate surface area is 81.3 Å². The van der Waals surface area contributed by atoms with Crippen LogP contribution in [0.4, 0.5) is 0 Å². The average Bonchev–Trinajstić information content (AvgIpc) is 2.05. The van der Waals surface area contributed by atoms with Crippen LogP contribution in [0.2, 0.25) is 0 Å². The van der Waals surface area contributed by atoms with Gasteiger partial charge in [0, 0.05) is 25.6 Å². The first kappa shape index (κ1) is 12.4. The molecule has 0 saturated heterocycles. The summed E-state index contributed by atoms with van der Waals surface area (Å²) in [6.07, 6.45) is 2.47. The van der Waals surface area contributed by atoms with Gasteiger partial charge in [-0.3, -0.25) is 4.79 Å². The molecule has 0 saturated carbocycles. The molecular weight excluding hydrogens is 164 g/mol. The predicted molar refractivity (Wildman–Crippen MR) is 55.4 cm³/mol. The van der Waals surface area contributed by atoms with Crippen molar-refractivity contribution in [1.82, 2.24) is 4.90 Å². The van der Waals surface area contributed by atoms with E-state index in [-0.39, 0.29) is 11.9 Å². The monoisotopic (exact) mass is 186 g/mol. The molecule has 1 amide bonds.